The Morgan fingerprint density at radius 1 is 1.29 bits per heavy atom. The van der Waals surface area contributed by atoms with E-state index in [2.05, 4.69) is 4.90 Å². The number of Topliss-reactive ketones (excluding diaryl/α,β-unsaturated/α-hetero) is 1. The molecule has 1 atom stereocenters. The van der Waals surface area contributed by atoms with Gasteiger partial charge < -0.3 is 4.90 Å². The van der Waals surface area contributed by atoms with Crippen molar-refractivity contribution in [3.05, 3.63) is 0 Å². The molecule has 1 aliphatic carbocycles. The Morgan fingerprint density at radius 2 is 2.00 bits per heavy atom. The number of carbonyl (C=O) groups excluding carboxylic acids is 2. The van der Waals surface area contributed by atoms with Crippen molar-refractivity contribution in [1.29, 1.82) is 0 Å². The molecule has 1 amide bonds. The maximum atomic E-state index is 12.0. The van der Waals surface area contributed by atoms with Gasteiger partial charge in [0, 0.05) is 25.6 Å². The van der Waals surface area contributed by atoms with E-state index in [1.165, 1.54) is 0 Å². The molecule has 2 rings (SSSR count). The van der Waals surface area contributed by atoms with Gasteiger partial charge in [-0.3, -0.25) is 14.5 Å². The lowest BCUT2D eigenvalue weighted by Crippen LogP contribution is -2.44. The van der Waals surface area contributed by atoms with E-state index in [9.17, 15) is 9.59 Å². The fourth-order valence-electron chi connectivity index (χ4n) is 2.50. The second kappa shape index (κ2) is 5.17. The molecule has 17 heavy (non-hydrogen) atoms. The minimum absolute atomic E-state index is 0.141. The van der Waals surface area contributed by atoms with E-state index < -0.39 is 0 Å². The summed E-state index contributed by atoms with van der Waals surface area (Å²) >= 11 is 0. The molecule has 1 saturated carbocycles. The highest BCUT2D eigenvalue weighted by atomic mass is 16.2. The first kappa shape index (κ1) is 12.6. The Bertz CT molecular complexity index is 313. The van der Waals surface area contributed by atoms with Crippen molar-refractivity contribution < 1.29 is 9.59 Å². The molecular weight excluding hydrogens is 216 g/mol. The minimum atomic E-state index is 0.141. The second-order valence-corrected chi connectivity index (χ2v) is 5.42. The van der Waals surface area contributed by atoms with Crippen LogP contribution in [0.3, 0.4) is 0 Å². The Labute approximate surface area is 103 Å². The smallest absolute Gasteiger partial charge is 0.236 e. The van der Waals surface area contributed by atoms with Crippen LogP contribution in [-0.4, -0.2) is 54.2 Å². The molecule has 0 radical (unpaired) electrons. The number of ketones is 1. The highest BCUT2D eigenvalue weighted by Gasteiger charge is 2.31. The molecule has 0 N–H and O–H groups in total. The van der Waals surface area contributed by atoms with Crippen molar-refractivity contribution >= 4 is 11.7 Å². The average molecular weight is 238 g/mol. The van der Waals surface area contributed by atoms with E-state index in [1.807, 2.05) is 11.9 Å². The zero-order valence-corrected chi connectivity index (χ0v) is 10.8. The monoisotopic (exact) mass is 238 g/mol. The van der Waals surface area contributed by atoms with Gasteiger partial charge in [0.15, 0.2) is 0 Å². The first-order valence-corrected chi connectivity index (χ1v) is 6.56. The van der Waals surface area contributed by atoms with Crippen molar-refractivity contribution in [1.82, 2.24) is 9.80 Å². The van der Waals surface area contributed by atoms with Gasteiger partial charge in [0.2, 0.25) is 5.91 Å². The molecule has 2 fully saturated rings. The van der Waals surface area contributed by atoms with Gasteiger partial charge in [0.05, 0.1) is 6.54 Å². The quantitative estimate of drug-likeness (QED) is 0.731. The Kier molecular flexibility index (Phi) is 3.82. The third-order valence-corrected chi connectivity index (χ3v) is 3.93. The van der Waals surface area contributed by atoms with Gasteiger partial charge >= 0.3 is 0 Å². The lowest BCUT2D eigenvalue weighted by molar-refractivity contribution is -0.133. The van der Waals surface area contributed by atoms with Crippen LogP contribution in [0, 0.1) is 5.92 Å². The van der Waals surface area contributed by atoms with E-state index in [0.29, 0.717) is 12.6 Å². The Hall–Kier alpha value is -0.900. The molecule has 4 heteroatoms. The minimum Gasteiger partial charge on any atom is -0.342 e. The summed E-state index contributed by atoms with van der Waals surface area (Å²) in [6.45, 7) is 3.86. The SMILES string of the molecule is CC(=O)C1CCCN(CC(=O)N(C)C2CC2)C1. The number of hydrogen-bond donors (Lipinski definition) is 0. The summed E-state index contributed by atoms with van der Waals surface area (Å²) in [6, 6.07) is 0.482. The fraction of sp³-hybridized carbons (Fsp3) is 0.846. The van der Waals surface area contributed by atoms with Gasteiger partial charge in [-0.25, -0.2) is 0 Å². The maximum Gasteiger partial charge on any atom is 0.236 e. The largest absolute Gasteiger partial charge is 0.342 e. The van der Waals surface area contributed by atoms with Crippen molar-refractivity contribution in [2.75, 3.05) is 26.7 Å². The summed E-state index contributed by atoms with van der Waals surface area (Å²) in [5.74, 6) is 0.608. The van der Waals surface area contributed by atoms with Crippen LogP contribution in [0.25, 0.3) is 0 Å². The highest BCUT2D eigenvalue weighted by Crippen LogP contribution is 2.25. The fourth-order valence-corrected chi connectivity index (χ4v) is 2.50. The van der Waals surface area contributed by atoms with Crippen LogP contribution in [0.1, 0.15) is 32.6 Å². The summed E-state index contributed by atoms with van der Waals surface area (Å²) < 4.78 is 0. The third kappa shape index (κ3) is 3.28. The molecule has 0 bridgehead atoms. The number of likely N-dealkylation sites (N-methyl/N-ethyl adjacent to an activating group) is 1. The second-order valence-electron chi connectivity index (χ2n) is 5.42. The van der Waals surface area contributed by atoms with Gasteiger partial charge in [-0.2, -0.15) is 0 Å². The van der Waals surface area contributed by atoms with Crippen LogP contribution in [0.4, 0.5) is 0 Å². The van der Waals surface area contributed by atoms with Crippen molar-refractivity contribution in [2.24, 2.45) is 5.92 Å². The molecule has 1 unspecified atom stereocenters. The molecular formula is C13H22N2O2. The average Bonchev–Trinajstić information content (AvgIpc) is 3.12. The van der Waals surface area contributed by atoms with E-state index >= 15 is 0 Å². The van der Waals surface area contributed by atoms with E-state index in [0.717, 1.165) is 38.8 Å². The van der Waals surface area contributed by atoms with Gasteiger partial charge in [-0.05, 0) is 39.2 Å². The zero-order valence-electron chi connectivity index (χ0n) is 10.8. The van der Waals surface area contributed by atoms with Gasteiger partial charge in [0.1, 0.15) is 5.78 Å². The number of piperidine rings is 1. The number of likely N-dealkylation sites (tertiary alicyclic amines) is 1. The van der Waals surface area contributed by atoms with Gasteiger partial charge in [0.25, 0.3) is 0 Å². The molecule has 1 saturated heterocycles. The van der Waals surface area contributed by atoms with Crippen molar-refractivity contribution in [3.8, 4) is 0 Å². The first-order chi connectivity index (χ1) is 8.08. The van der Waals surface area contributed by atoms with Crippen LogP contribution < -0.4 is 0 Å². The van der Waals surface area contributed by atoms with E-state index in [1.54, 1.807) is 6.92 Å². The predicted octanol–water partition coefficient (Wildman–Crippen LogP) is 0.908. The number of carbonyl (C=O) groups is 2. The lowest BCUT2D eigenvalue weighted by Gasteiger charge is -2.32. The molecule has 0 aromatic rings. The number of hydrogen-bond acceptors (Lipinski definition) is 3. The number of nitrogens with zero attached hydrogens (tertiary/aromatic N) is 2. The van der Waals surface area contributed by atoms with Crippen LogP contribution in [0.2, 0.25) is 0 Å². The highest BCUT2D eigenvalue weighted by molar-refractivity contribution is 5.80. The van der Waals surface area contributed by atoms with Crippen LogP contribution in [0.15, 0.2) is 0 Å². The normalized spacial score (nSPS) is 25.6. The summed E-state index contributed by atoms with van der Waals surface area (Å²) in [4.78, 5) is 27.3. The first-order valence-electron chi connectivity index (χ1n) is 6.56. The Morgan fingerprint density at radius 3 is 2.59 bits per heavy atom. The third-order valence-electron chi connectivity index (χ3n) is 3.93. The predicted molar refractivity (Wildman–Crippen MR) is 65.6 cm³/mol. The summed E-state index contributed by atoms with van der Waals surface area (Å²) in [6.07, 6.45) is 4.32. The van der Waals surface area contributed by atoms with Crippen molar-refractivity contribution in [3.63, 3.8) is 0 Å². The molecule has 0 spiro atoms. The lowest BCUT2D eigenvalue weighted by atomic mass is 9.94. The van der Waals surface area contributed by atoms with Gasteiger partial charge in [-0.1, -0.05) is 0 Å². The molecule has 0 aromatic heterocycles. The van der Waals surface area contributed by atoms with Crippen LogP contribution in [0.5, 0.6) is 0 Å². The Balaban J connectivity index is 1.81. The summed E-state index contributed by atoms with van der Waals surface area (Å²) in [7, 11) is 1.90. The molecule has 0 aromatic carbocycles. The summed E-state index contributed by atoms with van der Waals surface area (Å²) in [5.41, 5.74) is 0. The molecule has 96 valence electrons. The standard InChI is InChI=1S/C13H22N2O2/c1-10(16)11-4-3-7-15(8-11)9-13(17)14(2)12-5-6-12/h11-12H,3-9H2,1-2H3. The van der Waals surface area contributed by atoms with Gasteiger partial charge in [-0.15, -0.1) is 0 Å². The topological polar surface area (TPSA) is 40.6 Å². The summed E-state index contributed by atoms with van der Waals surface area (Å²) in [5, 5.41) is 0. The molecule has 4 nitrogen and oxygen atoms in total. The van der Waals surface area contributed by atoms with Crippen LogP contribution >= 0.6 is 0 Å². The van der Waals surface area contributed by atoms with Crippen LogP contribution in [-0.2, 0) is 9.59 Å². The maximum absolute atomic E-state index is 12.0. The van der Waals surface area contributed by atoms with E-state index in [-0.39, 0.29) is 17.6 Å². The van der Waals surface area contributed by atoms with E-state index in [4.69, 9.17) is 0 Å². The van der Waals surface area contributed by atoms with Crippen molar-refractivity contribution in [2.45, 2.75) is 38.6 Å². The number of amides is 1. The number of rotatable bonds is 4. The molecule has 2 aliphatic rings. The molecule has 1 heterocycles. The molecule has 1 aliphatic heterocycles. The zero-order chi connectivity index (χ0) is 12.4.